The van der Waals surface area contributed by atoms with Gasteiger partial charge in [0, 0.05) is 13.0 Å². The third-order valence-corrected chi connectivity index (χ3v) is 6.86. The number of aliphatic imine (C=N–C) groups is 1. The summed E-state index contributed by atoms with van der Waals surface area (Å²) in [7, 11) is 2.78. The molecule has 1 fully saturated rings. The average Bonchev–Trinajstić information content (AvgIpc) is 3.05. The van der Waals surface area contributed by atoms with E-state index in [0.29, 0.717) is 29.0 Å². The number of halogens is 2. The molecule has 2 aliphatic rings. The summed E-state index contributed by atoms with van der Waals surface area (Å²) in [4.78, 5) is 21.1. The summed E-state index contributed by atoms with van der Waals surface area (Å²) in [6.45, 7) is 5.89. The van der Waals surface area contributed by atoms with Crippen LogP contribution in [0.4, 0.5) is 4.39 Å². The van der Waals surface area contributed by atoms with Crippen molar-refractivity contribution in [2.75, 3.05) is 14.2 Å². The summed E-state index contributed by atoms with van der Waals surface area (Å²) in [6.07, 6.45) is -1.26. The van der Waals surface area contributed by atoms with Gasteiger partial charge in [-0.1, -0.05) is 13.8 Å². The number of aromatic nitrogens is 2. The van der Waals surface area contributed by atoms with Gasteiger partial charge in [0.2, 0.25) is 12.5 Å². The van der Waals surface area contributed by atoms with Crippen molar-refractivity contribution in [3.05, 3.63) is 16.1 Å². The highest BCUT2D eigenvalue weighted by Crippen LogP contribution is 2.60. The number of carbonyl (C=O) groups is 1. The lowest BCUT2D eigenvalue weighted by Gasteiger charge is -2.39. The van der Waals surface area contributed by atoms with E-state index in [9.17, 15) is 4.79 Å². The monoisotopic (exact) mass is 430 g/mol. The Morgan fingerprint density at radius 2 is 2.04 bits per heavy atom. The minimum absolute atomic E-state index is 0.154. The number of ether oxygens (including phenoxy) is 2. The fourth-order valence-electron chi connectivity index (χ4n) is 4.24. The van der Waals surface area contributed by atoms with Gasteiger partial charge in [-0.05, 0) is 41.1 Å². The molecule has 1 aliphatic carbocycles. The second kappa shape index (κ2) is 6.30. The van der Waals surface area contributed by atoms with Crippen LogP contribution in [-0.4, -0.2) is 41.8 Å². The zero-order chi connectivity index (χ0) is 19.4. The number of nitrogens with two attached hydrogens (primary N) is 1. The Morgan fingerprint density at radius 1 is 1.38 bits per heavy atom. The molecule has 0 aromatic carbocycles. The Balaban J connectivity index is 2.12. The Kier molecular flexibility index (Phi) is 4.67. The molecule has 0 unspecified atom stereocenters. The van der Waals surface area contributed by atoms with Gasteiger partial charge in [0.25, 0.3) is 0 Å². The highest BCUT2D eigenvalue weighted by molar-refractivity contribution is 9.10. The van der Waals surface area contributed by atoms with Gasteiger partial charge in [0.05, 0.1) is 12.5 Å². The molecule has 2 N–H and O–H groups in total. The Labute approximate surface area is 160 Å². The van der Waals surface area contributed by atoms with Crippen molar-refractivity contribution in [2.24, 2.45) is 21.6 Å². The van der Waals surface area contributed by atoms with Crippen molar-refractivity contribution >= 4 is 27.7 Å². The predicted octanol–water partition coefficient (Wildman–Crippen LogP) is 2.89. The van der Waals surface area contributed by atoms with Crippen LogP contribution in [0.15, 0.2) is 9.60 Å². The van der Waals surface area contributed by atoms with Crippen LogP contribution in [0.1, 0.15) is 57.3 Å². The van der Waals surface area contributed by atoms with Gasteiger partial charge in [-0.25, -0.2) is 14.4 Å². The van der Waals surface area contributed by atoms with E-state index in [1.807, 2.05) is 20.8 Å². The van der Waals surface area contributed by atoms with Crippen molar-refractivity contribution in [2.45, 2.75) is 52.1 Å². The summed E-state index contributed by atoms with van der Waals surface area (Å²) in [6, 6.07) is 0. The maximum atomic E-state index is 15.1. The molecule has 9 heteroatoms. The van der Waals surface area contributed by atoms with E-state index in [0.717, 1.165) is 0 Å². The molecule has 1 saturated carbocycles. The smallest absolute Gasteiger partial charge is 0.312 e. The van der Waals surface area contributed by atoms with Crippen LogP contribution in [0.5, 0.6) is 0 Å². The van der Waals surface area contributed by atoms with Crippen LogP contribution in [0.3, 0.4) is 0 Å². The van der Waals surface area contributed by atoms with Crippen LogP contribution in [0.2, 0.25) is 0 Å². The molecule has 1 aliphatic heterocycles. The number of hydrogen-bond acceptors (Lipinski definition) is 6. The van der Waals surface area contributed by atoms with Crippen LogP contribution in [0.25, 0.3) is 0 Å². The SMILES string of the molecule is COC(=O)[C@]1(C)CC[C@@H](c2nc(Br)c3n2[C@H](F)[C@@H](OC)N=C3N)C1(C)C. The third kappa shape index (κ3) is 2.43. The number of rotatable bonds is 3. The Bertz CT molecular complexity index is 778. The van der Waals surface area contributed by atoms with Crippen molar-refractivity contribution < 1.29 is 18.7 Å². The van der Waals surface area contributed by atoms with Gasteiger partial charge < -0.3 is 15.2 Å². The van der Waals surface area contributed by atoms with Crippen molar-refractivity contribution in [3.8, 4) is 0 Å². The van der Waals surface area contributed by atoms with E-state index in [4.69, 9.17) is 15.2 Å². The highest BCUT2D eigenvalue weighted by Gasteiger charge is 2.58. The minimum Gasteiger partial charge on any atom is -0.469 e. The molecule has 0 bridgehead atoms. The maximum absolute atomic E-state index is 15.1. The zero-order valence-electron chi connectivity index (χ0n) is 15.5. The molecule has 0 saturated heterocycles. The van der Waals surface area contributed by atoms with E-state index in [1.165, 1.54) is 18.8 Å². The van der Waals surface area contributed by atoms with E-state index in [1.54, 1.807) is 0 Å². The lowest BCUT2D eigenvalue weighted by atomic mass is 9.65. The van der Waals surface area contributed by atoms with E-state index < -0.39 is 23.4 Å². The number of methoxy groups -OCH3 is 2. The number of nitrogens with zero attached hydrogens (tertiary/aromatic N) is 3. The van der Waals surface area contributed by atoms with E-state index in [2.05, 4.69) is 25.9 Å². The van der Waals surface area contributed by atoms with Crippen LogP contribution < -0.4 is 5.73 Å². The molecule has 1 aromatic rings. The van der Waals surface area contributed by atoms with Gasteiger partial charge in [0.1, 0.15) is 22.0 Å². The molecule has 4 atom stereocenters. The van der Waals surface area contributed by atoms with Crippen LogP contribution in [0, 0.1) is 10.8 Å². The Hall–Kier alpha value is -1.48. The second-order valence-electron chi connectivity index (χ2n) is 7.63. The predicted molar refractivity (Wildman–Crippen MR) is 97.5 cm³/mol. The van der Waals surface area contributed by atoms with E-state index in [-0.39, 0.29) is 17.7 Å². The number of carbonyl (C=O) groups excluding carboxylic acids is 1. The quantitative estimate of drug-likeness (QED) is 0.744. The number of imidazole rings is 1. The molecular formula is C17H24BrFN4O3. The molecule has 26 heavy (non-hydrogen) atoms. The molecule has 0 amide bonds. The van der Waals surface area contributed by atoms with Crippen LogP contribution in [-0.2, 0) is 14.3 Å². The molecule has 0 radical (unpaired) electrons. The fraction of sp³-hybridized carbons (Fsp3) is 0.706. The summed E-state index contributed by atoms with van der Waals surface area (Å²) >= 11 is 3.38. The summed E-state index contributed by atoms with van der Waals surface area (Å²) in [5.41, 5.74) is 5.24. The van der Waals surface area contributed by atoms with Crippen molar-refractivity contribution in [1.29, 1.82) is 0 Å². The zero-order valence-corrected chi connectivity index (χ0v) is 17.1. The number of hydrogen-bond donors (Lipinski definition) is 1. The van der Waals surface area contributed by atoms with Gasteiger partial charge in [-0.3, -0.25) is 9.36 Å². The number of amidine groups is 1. The van der Waals surface area contributed by atoms with Gasteiger partial charge >= 0.3 is 5.97 Å². The summed E-state index contributed by atoms with van der Waals surface area (Å²) < 4.78 is 27.2. The molecule has 144 valence electrons. The molecular weight excluding hydrogens is 407 g/mol. The lowest BCUT2D eigenvalue weighted by Crippen LogP contribution is -2.42. The molecule has 0 spiro atoms. The van der Waals surface area contributed by atoms with Gasteiger partial charge in [-0.15, -0.1) is 0 Å². The number of alkyl halides is 1. The van der Waals surface area contributed by atoms with Gasteiger partial charge in [-0.2, -0.15) is 0 Å². The van der Waals surface area contributed by atoms with E-state index >= 15 is 4.39 Å². The first-order valence-corrected chi connectivity index (χ1v) is 9.26. The highest BCUT2D eigenvalue weighted by atomic mass is 79.9. The second-order valence-corrected chi connectivity index (χ2v) is 8.38. The third-order valence-electron chi connectivity index (χ3n) is 6.30. The standard InChI is InChI=1S/C17H24BrFN4O3/c1-16(2)8(6-7-17(16,3)15(24)26-5)13-21-10(18)9-12(20)22-14(25-4)11(19)23(9)13/h8,11,14H,6-7H2,1-5H3,(H2,20,22)/t8-,11-,14+,17-/m0/s1. The topological polar surface area (TPSA) is 91.7 Å². The fourth-order valence-corrected chi connectivity index (χ4v) is 4.82. The summed E-state index contributed by atoms with van der Waals surface area (Å²) in [5, 5.41) is 0. The number of fused-ring (bicyclic) bond motifs is 1. The molecule has 7 nitrogen and oxygen atoms in total. The maximum Gasteiger partial charge on any atom is 0.312 e. The normalized spacial score (nSPS) is 32.9. The van der Waals surface area contributed by atoms with Gasteiger partial charge in [0.15, 0.2) is 0 Å². The first-order chi connectivity index (χ1) is 12.1. The first-order valence-electron chi connectivity index (χ1n) is 8.46. The number of esters is 1. The largest absolute Gasteiger partial charge is 0.469 e. The molecule has 3 rings (SSSR count). The Morgan fingerprint density at radius 3 is 2.62 bits per heavy atom. The summed E-state index contributed by atoms with van der Waals surface area (Å²) in [5.74, 6) is 0.292. The first kappa shape index (κ1) is 19.3. The average molecular weight is 431 g/mol. The van der Waals surface area contributed by atoms with Crippen molar-refractivity contribution in [3.63, 3.8) is 0 Å². The molecule has 1 aromatic heterocycles. The molecule has 2 heterocycles. The minimum atomic E-state index is -1.54. The van der Waals surface area contributed by atoms with Crippen LogP contribution >= 0.6 is 15.9 Å². The lowest BCUT2D eigenvalue weighted by molar-refractivity contribution is -0.157. The van der Waals surface area contributed by atoms with Crippen molar-refractivity contribution in [1.82, 2.24) is 9.55 Å².